The largest absolute Gasteiger partial charge is 0.366 e. The summed E-state index contributed by atoms with van der Waals surface area (Å²) < 4.78 is 1.72. The van der Waals surface area contributed by atoms with Gasteiger partial charge in [-0.05, 0) is 43.2 Å². The lowest BCUT2D eigenvalue weighted by Crippen LogP contribution is -2.43. The fourth-order valence-corrected chi connectivity index (χ4v) is 4.40. The molecule has 1 aliphatic heterocycles. The number of piperidine rings is 1. The molecule has 4 aromatic rings. The number of hydrogen-bond acceptors (Lipinski definition) is 7. The fourth-order valence-electron chi connectivity index (χ4n) is 3.89. The zero-order chi connectivity index (χ0) is 22.1. The normalized spacial score (nSPS) is 16.2. The highest BCUT2D eigenvalue weighted by Crippen LogP contribution is 2.32. The third-order valence-corrected chi connectivity index (χ3v) is 5.96. The van der Waals surface area contributed by atoms with Crippen LogP contribution in [0.15, 0.2) is 49.1 Å². The molecule has 1 atom stereocenters. The fraction of sp³-hybridized carbons (Fsp3) is 0.227. The quantitative estimate of drug-likeness (QED) is 0.476. The molecule has 1 unspecified atom stereocenters. The van der Waals surface area contributed by atoms with Gasteiger partial charge >= 0.3 is 0 Å². The van der Waals surface area contributed by atoms with E-state index in [1.165, 1.54) is 6.33 Å². The average molecular weight is 465 g/mol. The van der Waals surface area contributed by atoms with Crippen LogP contribution in [-0.2, 0) is 0 Å². The predicted octanol–water partition coefficient (Wildman–Crippen LogP) is 4.45. The van der Waals surface area contributed by atoms with Gasteiger partial charge < -0.3 is 10.2 Å². The molecule has 10 heteroatoms. The second-order valence-corrected chi connectivity index (χ2v) is 8.42. The molecule has 1 aromatic carbocycles. The Kier molecular flexibility index (Phi) is 5.52. The Morgan fingerprint density at radius 3 is 2.84 bits per heavy atom. The number of anilines is 2. The summed E-state index contributed by atoms with van der Waals surface area (Å²) >= 11 is 12.5. The summed E-state index contributed by atoms with van der Waals surface area (Å²) in [6, 6.07) is 11.2. The third-order valence-electron chi connectivity index (χ3n) is 5.42. The van der Waals surface area contributed by atoms with Gasteiger partial charge in [0, 0.05) is 35.9 Å². The van der Waals surface area contributed by atoms with Gasteiger partial charge in [0.05, 0.1) is 22.5 Å². The number of nitrogens with one attached hydrogen (secondary N) is 1. The Morgan fingerprint density at radius 1 is 1.16 bits per heavy atom. The lowest BCUT2D eigenvalue weighted by molar-refractivity contribution is 0.526. The van der Waals surface area contributed by atoms with Gasteiger partial charge in [-0.2, -0.15) is 10.4 Å². The van der Waals surface area contributed by atoms with Crippen molar-refractivity contribution in [1.29, 1.82) is 5.26 Å². The van der Waals surface area contributed by atoms with Crippen LogP contribution in [0, 0.1) is 11.3 Å². The highest BCUT2D eigenvalue weighted by atomic mass is 35.5. The monoisotopic (exact) mass is 464 g/mol. The van der Waals surface area contributed by atoms with E-state index < -0.39 is 0 Å². The Balaban J connectivity index is 1.45. The van der Waals surface area contributed by atoms with Crippen LogP contribution >= 0.6 is 23.2 Å². The first-order valence-corrected chi connectivity index (χ1v) is 10.9. The van der Waals surface area contributed by atoms with Crippen LogP contribution in [-0.4, -0.2) is 43.7 Å². The highest BCUT2D eigenvalue weighted by molar-refractivity contribution is 6.36. The summed E-state index contributed by atoms with van der Waals surface area (Å²) in [4.78, 5) is 15.9. The lowest BCUT2D eigenvalue weighted by Gasteiger charge is -2.34. The van der Waals surface area contributed by atoms with Crippen LogP contribution in [0.25, 0.3) is 16.9 Å². The van der Waals surface area contributed by atoms with E-state index in [4.69, 9.17) is 33.4 Å². The van der Waals surface area contributed by atoms with Crippen LogP contribution in [0.3, 0.4) is 0 Å². The summed E-state index contributed by atoms with van der Waals surface area (Å²) in [5.41, 5.74) is 2.71. The van der Waals surface area contributed by atoms with Crippen molar-refractivity contribution in [1.82, 2.24) is 24.6 Å². The van der Waals surface area contributed by atoms with E-state index in [1.54, 1.807) is 28.9 Å². The highest BCUT2D eigenvalue weighted by Gasteiger charge is 2.24. The number of nitrogens with zero attached hydrogens (tertiary/aromatic N) is 7. The molecule has 0 amide bonds. The van der Waals surface area contributed by atoms with Crippen LogP contribution < -0.4 is 10.2 Å². The molecular formula is C22H18Cl2N8. The predicted molar refractivity (Wildman–Crippen MR) is 124 cm³/mol. The van der Waals surface area contributed by atoms with Gasteiger partial charge in [0.1, 0.15) is 18.2 Å². The van der Waals surface area contributed by atoms with Gasteiger partial charge in [-0.25, -0.2) is 19.5 Å². The van der Waals surface area contributed by atoms with Gasteiger partial charge in [0.25, 0.3) is 0 Å². The minimum Gasteiger partial charge on any atom is -0.366 e. The van der Waals surface area contributed by atoms with Gasteiger partial charge in [-0.1, -0.05) is 23.2 Å². The van der Waals surface area contributed by atoms with Crippen molar-refractivity contribution in [2.24, 2.45) is 0 Å². The van der Waals surface area contributed by atoms with E-state index in [9.17, 15) is 0 Å². The third kappa shape index (κ3) is 4.05. The van der Waals surface area contributed by atoms with Gasteiger partial charge in [-0.15, -0.1) is 0 Å². The molecule has 0 radical (unpaired) electrons. The Morgan fingerprint density at radius 2 is 2.06 bits per heavy atom. The maximum absolute atomic E-state index is 8.96. The van der Waals surface area contributed by atoms with Crippen molar-refractivity contribution < 1.29 is 0 Å². The standard InChI is InChI=1S/C22H18Cl2N8/c23-15-4-5-17(18(24)8-15)19-12-32-21(27-13-28-32)22(30-19)31-7-1-2-16(11-31)29-20-6-3-14(9-25)10-26-20/h3-6,8,10,12-13,16H,1-2,7,11H2,(H,26,29). The Hall–Kier alpha value is -3.41. The average Bonchev–Trinajstić information content (AvgIpc) is 3.28. The zero-order valence-electron chi connectivity index (χ0n) is 16.9. The van der Waals surface area contributed by atoms with Gasteiger partial charge in [0.15, 0.2) is 11.5 Å². The number of nitriles is 1. The number of benzene rings is 1. The second-order valence-electron chi connectivity index (χ2n) is 7.58. The Labute approximate surface area is 194 Å². The molecule has 1 N–H and O–H groups in total. The van der Waals surface area contributed by atoms with Crippen molar-refractivity contribution in [3.8, 4) is 17.3 Å². The Bertz CT molecular complexity index is 1310. The topological polar surface area (TPSA) is 95.0 Å². The maximum Gasteiger partial charge on any atom is 0.198 e. The molecule has 0 aliphatic carbocycles. The summed E-state index contributed by atoms with van der Waals surface area (Å²) in [7, 11) is 0. The molecule has 4 heterocycles. The first kappa shape index (κ1) is 20.5. The molecule has 5 rings (SSSR count). The molecule has 160 valence electrons. The molecule has 3 aromatic heterocycles. The smallest absolute Gasteiger partial charge is 0.198 e. The van der Waals surface area contributed by atoms with Crippen molar-refractivity contribution >= 4 is 40.5 Å². The number of halogens is 2. The van der Waals surface area contributed by atoms with E-state index in [0.29, 0.717) is 26.9 Å². The molecule has 32 heavy (non-hydrogen) atoms. The molecule has 0 spiro atoms. The van der Waals surface area contributed by atoms with E-state index in [2.05, 4.69) is 31.4 Å². The molecule has 0 saturated carbocycles. The minimum absolute atomic E-state index is 0.178. The van der Waals surface area contributed by atoms with Crippen molar-refractivity contribution in [3.05, 3.63) is 64.7 Å². The maximum atomic E-state index is 8.96. The number of rotatable bonds is 4. The molecular weight excluding hydrogens is 447 g/mol. The lowest BCUT2D eigenvalue weighted by atomic mass is 10.1. The summed E-state index contributed by atoms with van der Waals surface area (Å²) in [5, 5.41) is 17.9. The van der Waals surface area contributed by atoms with Crippen LogP contribution in [0.2, 0.25) is 10.0 Å². The van der Waals surface area contributed by atoms with Gasteiger partial charge in [0.2, 0.25) is 0 Å². The van der Waals surface area contributed by atoms with E-state index in [-0.39, 0.29) is 6.04 Å². The van der Waals surface area contributed by atoms with Crippen molar-refractivity contribution in [3.63, 3.8) is 0 Å². The minimum atomic E-state index is 0.178. The SMILES string of the molecule is N#Cc1ccc(NC2CCCN(c3nc(-c4ccc(Cl)cc4Cl)cn4ncnc34)C2)nc1. The molecule has 1 saturated heterocycles. The summed E-state index contributed by atoms with van der Waals surface area (Å²) in [6.07, 6.45) is 6.91. The van der Waals surface area contributed by atoms with E-state index in [0.717, 1.165) is 43.1 Å². The second kappa shape index (κ2) is 8.61. The summed E-state index contributed by atoms with van der Waals surface area (Å²) in [5.74, 6) is 1.50. The van der Waals surface area contributed by atoms with Gasteiger partial charge in [-0.3, -0.25) is 0 Å². The summed E-state index contributed by atoms with van der Waals surface area (Å²) in [6.45, 7) is 1.58. The number of fused-ring (bicyclic) bond motifs is 1. The molecule has 1 aliphatic rings. The van der Waals surface area contributed by atoms with E-state index >= 15 is 0 Å². The number of aromatic nitrogens is 5. The first-order valence-electron chi connectivity index (χ1n) is 10.1. The van der Waals surface area contributed by atoms with Crippen LogP contribution in [0.5, 0.6) is 0 Å². The number of pyridine rings is 1. The van der Waals surface area contributed by atoms with Crippen LogP contribution in [0.4, 0.5) is 11.6 Å². The zero-order valence-corrected chi connectivity index (χ0v) is 18.4. The molecule has 0 bridgehead atoms. The van der Waals surface area contributed by atoms with Crippen LogP contribution in [0.1, 0.15) is 18.4 Å². The van der Waals surface area contributed by atoms with Crippen molar-refractivity contribution in [2.75, 3.05) is 23.3 Å². The van der Waals surface area contributed by atoms with E-state index in [1.807, 2.05) is 18.3 Å². The van der Waals surface area contributed by atoms with Crippen molar-refractivity contribution in [2.45, 2.75) is 18.9 Å². The first-order chi connectivity index (χ1) is 15.6. The number of hydrogen-bond donors (Lipinski definition) is 1. The molecule has 1 fully saturated rings. The molecule has 8 nitrogen and oxygen atoms in total.